The first-order valence-corrected chi connectivity index (χ1v) is 7.67. The summed E-state index contributed by atoms with van der Waals surface area (Å²) in [6, 6.07) is 4.55. The number of hydrogen-bond donors (Lipinski definition) is 1. The smallest absolute Gasteiger partial charge is 0.417 e. The molecule has 1 aromatic rings. The molecule has 2 saturated heterocycles. The molecule has 4 amide bonds. The van der Waals surface area contributed by atoms with E-state index in [-0.39, 0.29) is 31.0 Å². The number of urea groups is 1. The van der Waals surface area contributed by atoms with Gasteiger partial charge < -0.3 is 15.0 Å². The molecule has 0 bridgehead atoms. The number of amides is 4. The van der Waals surface area contributed by atoms with Crippen molar-refractivity contribution in [3.05, 3.63) is 28.2 Å². The summed E-state index contributed by atoms with van der Waals surface area (Å²) in [5.74, 6) is -0.280. The second-order valence-corrected chi connectivity index (χ2v) is 6.20. The Morgan fingerprint density at radius 3 is 2.61 bits per heavy atom. The summed E-state index contributed by atoms with van der Waals surface area (Å²) in [6.45, 7) is 0.996. The molecule has 1 aromatic carbocycles. The number of halogens is 2. The minimum atomic E-state index is -0.617. The predicted molar refractivity (Wildman–Crippen MR) is 83.6 cm³/mol. The lowest BCUT2D eigenvalue weighted by Crippen LogP contribution is -2.55. The van der Waals surface area contributed by atoms with Crippen LogP contribution in [0.4, 0.5) is 15.3 Å². The lowest BCUT2D eigenvalue weighted by Gasteiger charge is -2.40. The third-order valence-corrected chi connectivity index (χ3v) is 4.44. The number of carbonyl (C=O) groups excluding carboxylic acids is 3. The van der Waals surface area contributed by atoms with Gasteiger partial charge in [-0.1, -0.05) is 23.2 Å². The molecule has 7 nitrogen and oxygen atoms in total. The molecule has 2 heterocycles. The summed E-state index contributed by atoms with van der Waals surface area (Å²) < 4.78 is 4.64. The van der Waals surface area contributed by atoms with E-state index in [4.69, 9.17) is 23.2 Å². The van der Waals surface area contributed by atoms with Gasteiger partial charge in [0.05, 0.1) is 10.0 Å². The van der Waals surface area contributed by atoms with Gasteiger partial charge in [-0.15, -0.1) is 0 Å². The van der Waals surface area contributed by atoms with Crippen molar-refractivity contribution < 1.29 is 19.1 Å². The normalized spacial score (nSPS) is 18.0. The fourth-order valence-corrected chi connectivity index (χ4v) is 2.74. The SMILES string of the molecule is O=C(Nc1ccc(Cl)c(Cl)c1)N1CC(CN2C(=O)COC2=O)C1. The number of rotatable bonds is 3. The first-order valence-electron chi connectivity index (χ1n) is 6.92. The fraction of sp³-hybridized carbons (Fsp3) is 0.357. The zero-order valence-electron chi connectivity index (χ0n) is 11.9. The molecule has 0 spiro atoms. The van der Waals surface area contributed by atoms with Gasteiger partial charge in [-0.2, -0.15) is 0 Å². The van der Waals surface area contributed by atoms with Crippen molar-refractivity contribution in [1.29, 1.82) is 0 Å². The fourth-order valence-electron chi connectivity index (χ4n) is 2.44. The number of nitrogens with zero attached hydrogens (tertiary/aromatic N) is 2. The van der Waals surface area contributed by atoms with E-state index < -0.39 is 6.09 Å². The number of anilines is 1. The molecule has 3 rings (SSSR count). The number of nitrogens with one attached hydrogen (secondary N) is 1. The summed E-state index contributed by atoms with van der Waals surface area (Å²) in [6.07, 6.45) is -0.617. The molecule has 0 aromatic heterocycles. The van der Waals surface area contributed by atoms with Gasteiger partial charge in [-0.05, 0) is 18.2 Å². The maximum absolute atomic E-state index is 12.1. The summed E-state index contributed by atoms with van der Waals surface area (Å²) >= 11 is 11.7. The van der Waals surface area contributed by atoms with Gasteiger partial charge in [0, 0.05) is 31.2 Å². The molecule has 9 heteroatoms. The Bertz CT molecular complexity index is 660. The maximum atomic E-state index is 12.1. The van der Waals surface area contributed by atoms with E-state index in [1.54, 1.807) is 23.1 Å². The van der Waals surface area contributed by atoms with Crippen LogP contribution in [0.5, 0.6) is 0 Å². The largest absolute Gasteiger partial charge is 0.439 e. The Labute approximate surface area is 142 Å². The maximum Gasteiger partial charge on any atom is 0.417 e. The van der Waals surface area contributed by atoms with Gasteiger partial charge in [0.25, 0.3) is 5.91 Å². The molecule has 0 unspecified atom stereocenters. The molecule has 2 fully saturated rings. The van der Waals surface area contributed by atoms with Crippen LogP contribution in [-0.2, 0) is 9.53 Å². The molecule has 0 saturated carbocycles. The van der Waals surface area contributed by atoms with Gasteiger partial charge in [-0.3, -0.25) is 4.79 Å². The number of ether oxygens (including phenoxy) is 1. The number of carbonyl (C=O) groups is 3. The van der Waals surface area contributed by atoms with E-state index in [1.165, 1.54) is 0 Å². The second-order valence-electron chi connectivity index (χ2n) is 5.39. The summed E-state index contributed by atoms with van der Waals surface area (Å²) in [4.78, 5) is 37.5. The van der Waals surface area contributed by atoms with Crippen LogP contribution in [0, 0.1) is 5.92 Å². The van der Waals surface area contributed by atoms with Crippen LogP contribution in [0.15, 0.2) is 18.2 Å². The van der Waals surface area contributed by atoms with Crippen molar-refractivity contribution >= 4 is 46.9 Å². The summed E-state index contributed by atoms with van der Waals surface area (Å²) in [5, 5.41) is 3.49. The van der Waals surface area contributed by atoms with Crippen molar-refractivity contribution in [2.75, 3.05) is 31.6 Å². The van der Waals surface area contributed by atoms with Crippen LogP contribution in [0.25, 0.3) is 0 Å². The summed E-state index contributed by atoms with van der Waals surface area (Å²) in [7, 11) is 0. The topological polar surface area (TPSA) is 79.0 Å². The average molecular weight is 358 g/mol. The lowest BCUT2D eigenvalue weighted by molar-refractivity contribution is -0.126. The van der Waals surface area contributed by atoms with Crippen molar-refractivity contribution in [3.63, 3.8) is 0 Å². The minimum Gasteiger partial charge on any atom is -0.439 e. The predicted octanol–water partition coefficient (Wildman–Crippen LogP) is 2.44. The van der Waals surface area contributed by atoms with E-state index in [9.17, 15) is 14.4 Å². The number of likely N-dealkylation sites (tertiary alicyclic amines) is 1. The highest BCUT2D eigenvalue weighted by Crippen LogP contribution is 2.26. The highest BCUT2D eigenvalue weighted by atomic mass is 35.5. The molecule has 2 aliphatic heterocycles. The minimum absolute atomic E-state index is 0.0594. The molecule has 1 N–H and O–H groups in total. The summed E-state index contributed by atoms with van der Waals surface area (Å²) in [5.41, 5.74) is 0.547. The number of cyclic esters (lactones) is 1. The van der Waals surface area contributed by atoms with Crippen molar-refractivity contribution in [3.8, 4) is 0 Å². The van der Waals surface area contributed by atoms with Gasteiger partial charge in [-0.25, -0.2) is 14.5 Å². The van der Waals surface area contributed by atoms with Gasteiger partial charge in [0.15, 0.2) is 6.61 Å². The molecule has 0 atom stereocenters. The van der Waals surface area contributed by atoms with Crippen LogP contribution in [0.3, 0.4) is 0 Å². The number of benzene rings is 1. The van der Waals surface area contributed by atoms with E-state index in [0.29, 0.717) is 28.8 Å². The van der Waals surface area contributed by atoms with E-state index >= 15 is 0 Å². The van der Waals surface area contributed by atoms with E-state index in [2.05, 4.69) is 10.1 Å². The van der Waals surface area contributed by atoms with Crippen LogP contribution in [-0.4, -0.2) is 54.1 Å². The lowest BCUT2D eigenvalue weighted by atomic mass is 10.0. The van der Waals surface area contributed by atoms with Crippen LogP contribution >= 0.6 is 23.2 Å². The Kier molecular flexibility index (Phi) is 4.32. The number of imide groups is 1. The van der Waals surface area contributed by atoms with Crippen molar-refractivity contribution in [2.45, 2.75) is 0 Å². The van der Waals surface area contributed by atoms with Crippen molar-refractivity contribution in [2.24, 2.45) is 5.92 Å². The van der Waals surface area contributed by atoms with Gasteiger partial charge in [0.2, 0.25) is 0 Å². The van der Waals surface area contributed by atoms with Crippen molar-refractivity contribution in [1.82, 2.24) is 9.80 Å². The Balaban J connectivity index is 1.49. The highest BCUT2D eigenvalue weighted by Gasteiger charge is 2.38. The molecule has 2 aliphatic rings. The van der Waals surface area contributed by atoms with E-state index in [0.717, 1.165) is 4.90 Å². The first-order chi connectivity index (χ1) is 10.9. The van der Waals surface area contributed by atoms with Gasteiger partial charge >= 0.3 is 12.1 Å². The Hall–Kier alpha value is -1.99. The highest BCUT2D eigenvalue weighted by molar-refractivity contribution is 6.42. The number of hydrogen-bond acceptors (Lipinski definition) is 4. The third-order valence-electron chi connectivity index (χ3n) is 3.70. The van der Waals surface area contributed by atoms with Gasteiger partial charge in [0.1, 0.15) is 0 Å². The zero-order valence-corrected chi connectivity index (χ0v) is 13.4. The standard InChI is InChI=1S/C14H13Cl2N3O4/c15-10-2-1-9(3-11(10)16)17-13(21)18-4-8(5-18)6-19-12(20)7-23-14(19)22/h1-3,8H,4-7H2,(H,17,21). The monoisotopic (exact) mass is 357 g/mol. The molecular weight excluding hydrogens is 345 g/mol. The third kappa shape index (κ3) is 3.35. The van der Waals surface area contributed by atoms with E-state index in [1.807, 2.05) is 0 Å². The quantitative estimate of drug-likeness (QED) is 0.900. The second kappa shape index (κ2) is 6.25. The van der Waals surface area contributed by atoms with Crippen LogP contribution in [0.2, 0.25) is 10.0 Å². The molecule has 0 radical (unpaired) electrons. The zero-order chi connectivity index (χ0) is 16.6. The molecular formula is C14H13Cl2N3O4. The average Bonchev–Trinajstić information content (AvgIpc) is 2.77. The van der Waals surface area contributed by atoms with Crippen LogP contribution < -0.4 is 5.32 Å². The molecule has 122 valence electrons. The Morgan fingerprint density at radius 2 is 2.00 bits per heavy atom. The molecule has 0 aliphatic carbocycles. The first kappa shape index (κ1) is 15.9. The van der Waals surface area contributed by atoms with Crippen LogP contribution in [0.1, 0.15) is 0 Å². The Morgan fingerprint density at radius 1 is 1.26 bits per heavy atom. The molecule has 23 heavy (non-hydrogen) atoms.